The van der Waals surface area contributed by atoms with Gasteiger partial charge in [-0.25, -0.2) is 9.67 Å². The molecule has 1 amide bonds. The number of hydrogen-bond donors (Lipinski definition) is 1. The zero-order chi connectivity index (χ0) is 14.7. The third-order valence-corrected chi connectivity index (χ3v) is 3.91. The van der Waals surface area contributed by atoms with Gasteiger partial charge >= 0.3 is 0 Å². The number of benzene rings is 1. The molecule has 0 spiro atoms. The third-order valence-electron chi connectivity index (χ3n) is 3.91. The van der Waals surface area contributed by atoms with Crippen molar-refractivity contribution in [3.63, 3.8) is 0 Å². The first kappa shape index (κ1) is 13.3. The second-order valence-electron chi connectivity index (χ2n) is 5.24. The van der Waals surface area contributed by atoms with Crippen LogP contribution in [0, 0.1) is 16.7 Å². The minimum atomic E-state index is -0.857. The Labute approximate surface area is 122 Å². The van der Waals surface area contributed by atoms with E-state index in [4.69, 9.17) is 0 Å². The molecule has 1 N–H and O–H groups in total. The lowest BCUT2D eigenvalue weighted by atomic mass is 9.87. The van der Waals surface area contributed by atoms with Gasteiger partial charge < -0.3 is 5.32 Å². The minimum absolute atomic E-state index is 0.198. The number of carbonyl (C=O) groups is 1. The van der Waals surface area contributed by atoms with Crippen molar-refractivity contribution in [2.75, 3.05) is 5.32 Å². The van der Waals surface area contributed by atoms with Crippen LogP contribution in [0.3, 0.4) is 0 Å². The predicted octanol–water partition coefficient (Wildman–Crippen LogP) is 2.29. The molecule has 3 rings (SSSR count). The van der Waals surface area contributed by atoms with E-state index in [0.717, 1.165) is 18.5 Å². The Morgan fingerprint density at radius 1 is 1.29 bits per heavy atom. The summed E-state index contributed by atoms with van der Waals surface area (Å²) in [5.74, 6) is -0.198. The van der Waals surface area contributed by atoms with Crippen LogP contribution < -0.4 is 5.32 Å². The fourth-order valence-corrected chi connectivity index (χ4v) is 2.66. The van der Waals surface area contributed by atoms with Crippen LogP contribution in [-0.2, 0) is 4.79 Å². The molecule has 1 saturated carbocycles. The molecular formula is C15H15N5O. The molecule has 6 nitrogen and oxygen atoms in total. The van der Waals surface area contributed by atoms with Gasteiger partial charge in [-0.05, 0) is 37.1 Å². The van der Waals surface area contributed by atoms with Crippen LogP contribution in [-0.4, -0.2) is 20.7 Å². The molecule has 1 heterocycles. The molecule has 106 valence electrons. The van der Waals surface area contributed by atoms with E-state index in [-0.39, 0.29) is 5.91 Å². The maximum atomic E-state index is 12.3. The van der Waals surface area contributed by atoms with Crippen LogP contribution in [0.15, 0.2) is 36.9 Å². The largest absolute Gasteiger partial charge is 0.325 e. The van der Waals surface area contributed by atoms with E-state index in [1.54, 1.807) is 23.1 Å². The molecule has 0 atom stereocenters. The number of rotatable bonds is 3. The number of nitrogens with zero attached hydrogens (tertiary/aromatic N) is 4. The highest BCUT2D eigenvalue weighted by Gasteiger charge is 2.41. The zero-order valence-electron chi connectivity index (χ0n) is 11.5. The molecule has 0 aliphatic heterocycles. The number of carbonyl (C=O) groups excluding carboxylic acids is 1. The van der Waals surface area contributed by atoms with Gasteiger partial charge in [0.2, 0.25) is 5.91 Å². The van der Waals surface area contributed by atoms with Gasteiger partial charge in [0.05, 0.1) is 11.8 Å². The molecule has 1 aliphatic rings. The van der Waals surface area contributed by atoms with Crippen molar-refractivity contribution < 1.29 is 4.79 Å². The van der Waals surface area contributed by atoms with Crippen LogP contribution in [0.1, 0.15) is 25.7 Å². The third kappa shape index (κ3) is 2.50. The second-order valence-corrected chi connectivity index (χ2v) is 5.24. The minimum Gasteiger partial charge on any atom is -0.325 e. The lowest BCUT2D eigenvalue weighted by Crippen LogP contribution is -2.32. The first-order valence-corrected chi connectivity index (χ1v) is 6.91. The lowest BCUT2D eigenvalue weighted by Gasteiger charge is -2.19. The Kier molecular flexibility index (Phi) is 3.40. The summed E-state index contributed by atoms with van der Waals surface area (Å²) >= 11 is 0. The van der Waals surface area contributed by atoms with Gasteiger partial charge in [-0.3, -0.25) is 4.79 Å². The van der Waals surface area contributed by atoms with E-state index in [0.29, 0.717) is 18.5 Å². The second kappa shape index (κ2) is 5.37. The number of amides is 1. The van der Waals surface area contributed by atoms with Crippen molar-refractivity contribution in [1.29, 1.82) is 5.26 Å². The van der Waals surface area contributed by atoms with E-state index < -0.39 is 5.41 Å². The number of nitriles is 1. The maximum absolute atomic E-state index is 12.3. The molecule has 0 bridgehead atoms. The summed E-state index contributed by atoms with van der Waals surface area (Å²) < 4.78 is 1.64. The van der Waals surface area contributed by atoms with Crippen molar-refractivity contribution in [2.24, 2.45) is 5.41 Å². The molecule has 21 heavy (non-hydrogen) atoms. The molecule has 0 unspecified atom stereocenters. The van der Waals surface area contributed by atoms with Crippen molar-refractivity contribution in [2.45, 2.75) is 25.7 Å². The molecular weight excluding hydrogens is 266 g/mol. The van der Waals surface area contributed by atoms with Gasteiger partial charge in [-0.15, -0.1) is 0 Å². The molecule has 1 aromatic carbocycles. The summed E-state index contributed by atoms with van der Waals surface area (Å²) in [4.78, 5) is 16.2. The number of anilines is 1. The number of aromatic nitrogens is 3. The van der Waals surface area contributed by atoms with Gasteiger partial charge in [-0.1, -0.05) is 12.8 Å². The average molecular weight is 281 g/mol. The average Bonchev–Trinajstić information content (AvgIpc) is 3.20. The van der Waals surface area contributed by atoms with Gasteiger partial charge in [0.1, 0.15) is 18.1 Å². The van der Waals surface area contributed by atoms with Gasteiger partial charge in [0.15, 0.2) is 0 Å². The lowest BCUT2D eigenvalue weighted by molar-refractivity contribution is -0.122. The van der Waals surface area contributed by atoms with Crippen molar-refractivity contribution >= 4 is 11.6 Å². The van der Waals surface area contributed by atoms with E-state index in [9.17, 15) is 10.1 Å². The van der Waals surface area contributed by atoms with Crippen LogP contribution in [0.2, 0.25) is 0 Å². The molecule has 1 aromatic heterocycles. The Hall–Kier alpha value is -2.68. The number of nitrogens with one attached hydrogen (secondary N) is 1. The van der Waals surface area contributed by atoms with Crippen molar-refractivity contribution in [3.8, 4) is 11.8 Å². The molecule has 0 saturated heterocycles. The van der Waals surface area contributed by atoms with E-state index in [2.05, 4.69) is 21.5 Å². The predicted molar refractivity (Wildman–Crippen MR) is 76.5 cm³/mol. The SMILES string of the molecule is N#CC1(C(=O)Nc2ccc(-n3cncn3)cc2)CCCC1. The highest BCUT2D eigenvalue weighted by molar-refractivity contribution is 5.97. The monoisotopic (exact) mass is 281 g/mol. The highest BCUT2D eigenvalue weighted by atomic mass is 16.2. The summed E-state index contributed by atoms with van der Waals surface area (Å²) in [5, 5.41) is 16.2. The standard InChI is InChI=1S/C15H15N5O/c16-9-15(7-1-2-8-15)14(21)19-12-3-5-13(6-4-12)20-11-17-10-18-20/h3-6,10-11H,1-2,7-8H2,(H,19,21). The van der Waals surface area contributed by atoms with Crippen LogP contribution >= 0.6 is 0 Å². The maximum Gasteiger partial charge on any atom is 0.244 e. The fraction of sp³-hybridized carbons (Fsp3) is 0.333. The summed E-state index contributed by atoms with van der Waals surface area (Å²) in [6, 6.07) is 9.49. The first-order valence-electron chi connectivity index (χ1n) is 6.91. The normalized spacial score (nSPS) is 16.3. The summed E-state index contributed by atoms with van der Waals surface area (Å²) in [7, 11) is 0. The van der Waals surface area contributed by atoms with Gasteiger partial charge in [0.25, 0.3) is 0 Å². The number of hydrogen-bond acceptors (Lipinski definition) is 4. The molecule has 1 fully saturated rings. The van der Waals surface area contributed by atoms with Crippen molar-refractivity contribution in [3.05, 3.63) is 36.9 Å². The quantitative estimate of drug-likeness (QED) is 0.935. The van der Waals surface area contributed by atoms with Crippen LogP contribution in [0.25, 0.3) is 5.69 Å². The summed E-state index contributed by atoms with van der Waals surface area (Å²) in [6.07, 6.45) is 6.24. The fourth-order valence-electron chi connectivity index (χ4n) is 2.66. The summed E-state index contributed by atoms with van der Waals surface area (Å²) in [5.41, 5.74) is 0.691. The molecule has 2 aromatic rings. The van der Waals surface area contributed by atoms with E-state index in [1.807, 2.05) is 12.1 Å². The smallest absolute Gasteiger partial charge is 0.244 e. The van der Waals surface area contributed by atoms with Crippen molar-refractivity contribution in [1.82, 2.24) is 14.8 Å². The van der Waals surface area contributed by atoms with E-state index >= 15 is 0 Å². The molecule has 1 aliphatic carbocycles. The Balaban J connectivity index is 1.74. The molecule has 0 radical (unpaired) electrons. The Bertz CT molecular complexity index is 663. The summed E-state index contributed by atoms with van der Waals surface area (Å²) in [6.45, 7) is 0. The first-order chi connectivity index (χ1) is 10.2. The Morgan fingerprint density at radius 2 is 2.00 bits per heavy atom. The topological polar surface area (TPSA) is 83.6 Å². The van der Waals surface area contributed by atoms with Gasteiger partial charge in [0, 0.05) is 5.69 Å². The zero-order valence-corrected chi connectivity index (χ0v) is 11.5. The van der Waals surface area contributed by atoms with Crippen LogP contribution in [0.4, 0.5) is 5.69 Å². The Morgan fingerprint density at radius 3 is 2.57 bits per heavy atom. The molecule has 6 heteroatoms. The van der Waals surface area contributed by atoms with Crippen LogP contribution in [0.5, 0.6) is 0 Å². The van der Waals surface area contributed by atoms with E-state index in [1.165, 1.54) is 6.33 Å². The van der Waals surface area contributed by atoms with Gasteiger partial charge in [-0.2, -0.15) is 10.4 Å². The highest BCUT2D eigenvalue weighted by Crippen LogP contribution is 2.38.